The molecule has 1 amide bonds. The fourth-order valence-corrected chi connectivity index (χ4v) is 2.35. The van der Waals surface area contributed by atoms with E-state index in [1.165, 1.54) is 4.68 Å². The summed E-state index contributed by atoms with van der Waals surface area (Å²) in [5, 5.41) is 10.7. The van der Waals surface area contributed by atoms with E-state index < -0.39 is 6.43 Å². The quantitative estimate of drug-likeness (QED) is 0.842. The fraction of sp³-hybridized carbons (Fsp3) is 0.462. The molecule has 1 N–H and O–H groups in total. The Morgan fingerprint density at radius 3 is 2.73 bits per heavy atom. The second-order valence-corrected chi connectivity index (χ2v) is 5.48. The lowest BCUT2D eigenvalue weighted by molar-refractivity contribution is -0.122. The standard InChI is InChI=1S/C13H16BrF2N5O/c1-3-20-5-4-9(18-20)6-17-10(22)7-21-8(2)11(14)12(19-21)13(15)16/h4-5,13H,3,6-7H2,1-2H3,(H,17,22). The van der Waals surface area contributed by atoms with Crippen molar-refractivity contribution in [3.63, 3.8) is 0 Å². The molecule has 120 valence electrons. The number of rotatable bonds is 6. The molecule has 0 spiro atoms. The third kappa shape index (κ3) is 3.70. The first-order chi connectivity index (χ1) is 10.4. The zero-order chi connectivity index (χ0) is 16.3. The summed E-state index contributed by atoms with van der Waals surface area (Å²) in [7, 11) is 0. The molecule has 0 atom stereocenters. The van der Waals surface area contributed by atoms with E-state index in [1.54, 1.807) is 11.6 Å². The first-order valence-electron chi connectivity index (χ1n) is 6.72. The van der Waals surface area contributed by atoms with Gasteiger partial charge in [0.2, 0.25) is 5.91 Å². The van der Waals surface area contributed by atoms with Crippen LogP contribution in [0.15, 0.2) is 16.7 Å². The van der Waals surface area contributed by atoms with Gasteiger partial charge in [0.15, 0.2) is 0 Å². The summed E-state index contributed by atoms with van der Waals surface area (Å²) in [5.74, 6) is -0.315. The second kappa shape index (κ2) is 6.99. The van der Waals surface area contributed by atoms with Gasteiger partial charge in [-0.15, -0.1) is 0 Å². The van der Waals surface area contributed by atoms with E-state index in [9.17, 15) is 13.6 Å². The van der Waals surface area contributed by atoms with Crippen LogP contribution in [0.5, 0.6) is 0 Å². The fourth-order valence-electron chi connectivity index (χ4n) is 1.90. The predicted octanol–water partition coefficient (Wildman–Crippen LogP) is 2.42. The summed E-state index contributed by atoms with van der Waals surface area (Å²) in [6, 6.07) is 1.81. The van der Waals surface area contributed by atoms with E-state index >= 15 is 0 Å². The van der Waals surface area contributed by atoms with Crippen molar-refractivity contribution in [1.82, 2.24) is 24.9 Å². The second-order valence-electron chi connectivity index (χ2n) is 4.68. The number of amides is 1. The molecule has 0 radical (unpaired) electrons. The van der Waals surface area contributed by atoms with Crippen molar-refractivity contribution >= 4 is 21.8 Å². The molecule has 0 aromatic carbocycles. The zero-order valence-corrected chi connectivity index (χ0v) is 13.8. The van der Waals surface area contributed by atoms with Crippen LogP contribution >= 0.6 is 15.9 Å². The molecule has 0 aliphatic rings. The first kappa shape index (κ1) is 16.6. The smallest absolute Gasteiger partial charge is 0.283 e. The molecule has 22 heavy (non-hydrogen) atoms. The van der Waals surface area contributed by atoms with Crippen LogP contribution in [0.3, 0.4) is 0 Å². The first-order valence-corrected chi connectivity index (χ1v) is 7.51. The number of hydrogen-bond acceptors (Lipinski definition) is 3. The highest BCUT2D eigenvalue weighted by atomic mass is 79.9. The van der Waals surface area contributed by atoms with Gasteiger partial charge in [-0.05, 0) is 35.8 Å². The van der Waals surface area contributed by atoms with Crippen molar-refractivity contribution in [2.24, 2.45) is 0 Å². The number of alkyl halides is 2. The van der Waals surface area contributed by atoms with Gasteiger partial charge >= 0.3 is 0 Å². The zero-order valence-electron chi connectivity index (χ0n) is 12.2. The van der Waals surface area contributed by atoms with Crippen LogP contribution in [0.1, 0.15) is 30.4 Å². The van der Waals surface area contributed by atoms with Gasteiger partial charge in [0.05, 0.1) is 22.4 Å². The molecule has 0 bridgehead atoms. The molecule has 0 saturated carbocycles. The van der Waals surface area contributed by atoms with E-state index in [2.05, 4.69) is 31.4 Å². The monoisotopic (exact) mass is 375 g/mol. The van der Waals surface area contributed by atoms with Crippen LogP contribution < -0.4 is 5.32 Å². The lowest BCUT2D eigenvalue weighted by atomic mass is 10.4. The van der Waals surface area contributed by atoms with Crippen LogP contribution in [0.2, 0.25) is 0 Å². The van der Waals surface area contributed by atoms with E-state index in [4.69, 9.17) is 0 Å². The third-order valence-electron chi connectivity index (χ3n) is 3.14. The molecule has 2 aromatic heterocycles. The van der Waals surface area contributed by atoms with Crippen LogP contribution in [-0.2, 0) is 24.4 Å². The lowest BCUT2D eigenvalue weighted by Crippen LogP contribution is -2.28. The molecule has 0 aliphatic carbocycles. The average Bonchev–Trinajstić information content (AvgIpc) is 3.05. The van der Waals surface area contributed by atoms with E-state index in [-0.39, 0.29) is 29.2 Å². The van der Waals surface area contributed by atoms with Crippen molar-refractivity contribution < 1.29 is 13.6 Å². The molecule has 0 saturated heterocycles. The van der Waals surface area contributed by atoms with Gasteiger partial charge < -0.3 is 5.32 Å². The number of nitrogens with zero attached hydrogens (tertiary/aromatic N) is 4. The highest BCUT2D eigenvalue weighted by Crippen LogP contribution is 2.28. The molecule has 0 aliphatic heterocycles. The summed E-state index contributed by atoms with van der Waals surface area (Å²) in [6.45, 7) is 4.51. The molecule has 9 heteroatoms. The summed E-state index contributed by atoms with van der Waals surface area (Å²) < 4.78 is 28.7. The number of halogens is 3. The molecular weight excluding hydrogens is 360 g/mol. The Morgan fingerprint density at radius 2 is 2.18 bits per heavy atom. The Balaban J connectivity index is 1.96. The number of carbonyl (C=O) groups excluding carboxylic acids is 1. The maximum Gasteiger partial charge on any atom is 0.283 e. The summed E-state index contributed by atoms with van der Waals surface area (Å²) >= 11 is 3.07. The SMILES string of the molecule is CCn1ccc(CNC(=O)Cn2nc(C(F)F)c(Br)c2C)n1. The number of carbonyl (C=O) groups is 1. The van der Waals surface area contributed by atoms with Gasteiger partial charge in [0.1, 0.15) is 12.2 Å². The molecule has 2 heterocycles. The number of aromatic nitrogens is 4. The Bertz CT molecular complexity index is 667. The number of aryl methyl sites for hydroxylation is 1. The summed E-state index contributed by atoms with van der Waals surface area (Å²) in [6.07, 6.45) is -0.860. The van der Waals surface area contributed by atoms with Gasteiger partial charge in [-0.3, -0.25) is 14.2 Å². The van der Waals surface area contributed by atoms with Gasteiger partial charge in [0.25, 0.3) is 6.43 Å². The van der Waals surface area contributed by atoms with Gasteiger partial charge in [-0.1, -0.05) is 0 Å². The minimum Gasteiger partial charge on any atom is -0.349 e. The van der Waals surface area contributed by atoms with Crippen molar-refractivity contribution in [3.8, 4) is 0 Å². The molecule has 0 fully saturated rings. The van der Waals surface area contributed by atoms with E-state index in [1.807, 2.05) is 19.2 Å². The Morgan fingerprint density at radius 1 is 1.45 bits per heavy atom. The van der Waals surface area contributed by atoms with E-state index in [0.717, 1.165) is 12.2 Å². The summed E-state index contributed by atoms with van der Waals surface area (Å²) in [4.78, 5) is 11.9. The number of hydrogen-bond donors (Lipinski definition) is 1. The highest BCUT2D eigenvalue weighted by molar-refractivity contribution is 9.10. The van der Waals surface area contributed by atoms with Crippen molar-refractivity contribution in [1.29, 1.82) is 0 Å². The van der Waals surface area contributed by atoms with Gasteiger partial charge in [-0.2, -0.15) is 10.2 Å². The molecule has 2 aromatic rings. The van der Waals surface area contributed by atoms with Gasteiger partial charge in [-0.25, -0.2) is 8.78 Å². The van der Waals surface area contributed by atoms with Crippen molar-refractivity contribution in [2.75, 3.05) is 0 Å². The topological polar surface area (TPSA) is 64.7 Å². The maximum atomic E-state index is 12.7. The number of nitrogens with one attached hydrogen (secondary N) is 1. The Kier molecular flexibility index (Phi) is 5.28. The molecule has 2 rings (SSSR count). The molecular formula is C13H16BrF2N5O. The average molecular weight is 376 g/mol. The van der Waals surface area contributed by atoms with Crippen molar-refractivity contribution in [2.45, 2.75) is 39.9 Å². The van der Waals surface area contributed by atoms with Gasteiger partial charge in [0, 0.05) is 12.7 Å². The van der Waals surface area contributed by atoms with E-state index in [0.29, 0.717) is 5.69 Å². The van der Waals surface area contributed by atoms with Crippen LogP contribution in [0, 0.1) is 6.92 Å². The van der Waals surface area contributed by atoms with Crippen molar-refractivity contribution in [3.05, 3.63) is 33.8 Å². The highest BCUT2D eigenvalue weighted by Gasteiger charge is 2.21. The van der Waals surface area contributed by atoms with Crippen LogP contribution in [0.4, 0.5) is 8.78 Å². The Labute approximate surface area is 134 Å². The maximum absolute atomic E-state index is 12.7. The van der Waals surface area contributed by atoms with Crippen LogP contribution in [0.25, 0.3) is 0 Å². The molecule has 6 nitrogen and oxygen atoms in total. The largest absolute Gasteiger partial charge is 0.349 e. The minimum absolute atomic E-state index is 0.119. The van der Waals surface area contributed by atoms with Crippen LogP contribution in [-0.4, -0.2) is 25.5 Å². The third-order valence-corrected chi connectivity index (χ3v) is 4.12. The molecule has 0 unspecified atom stereocenters. The minimum atomic E-state index is -2.68. The lowest BCUT2D eigenvalue weighted by Gasteiger charge is -2.05. The predicted molar refractivity (Wildman–Crippen MR) is 79.4 cm³/mol. The Hall–Kier alpha value is -1.77. The summed E-state index contributed by atoms with van der Waals surface area (Å²) in [5.41, 5.74) is 0.870. The normalized spacial score (nSPS) is 11.2.